The fourth-order valence-corrected chi connectivity index (χ4v) is 2.93. The Hall–Kier alpha value is -2.74. The summed E-state index contributed by atoms with van der Waals surface area (Å²) in [5.41, 5.74) is 0.259. The molecule has 2 aromatic heterocycles. The summed E-state index contributed by atoms with van der Waals surface area (Å²) in [7, 11) is 1.53. The summed E-state index contributed by atoms with van der Waals surface area (Å²) in [4.78, 5) is 30.6. The van der Waals surface area contributed by atoms with Crippen LogP contribution in [0, 0.1) is 0 Å². The summed E-state index contributed by atoms with van der Waals surface area (Å²) < 4.78 is 10.3. The summed E-state index contributed by atoms with van der Waals surface area (Å²) in [6.07, 6.45) is 5.60. The molecule has 0 unspecified atom stereocenters. The van der Waals surface area contributed by atoms with E-state index in [4.69, 9.17) is 9.26 Å². The molecular weight excluding hydrogens is 324 g/mol. The lowest BCUT2D eigenvalue weighted by molar-refractivity contribution is -0.149. The lowest BCUT2D eigenvalue weighted by Crippen LogP contribution is -2.55. The van der Waals surface area contributed by atoms with Gasteiger partial charge in [0.1, 0.15) is 11.9 Å². The maximum absolute atomic E-state index is 12.6. The second-order valence-corrected chi connectivity index (χ2v) is 5.92. The third kappa shape index (κ3) is 3.69. The number of aromatic nitrogens is 2. The molecule has 0 saturated carbocycles. The Morgan fingerprint density at radius 2 is 2.16 bits per heavy atom. The highest BCUT2D eigenvalue weighted by Gasteiger charge is 2.42. The average molecular weight is 344 g/mol. The Kier molecular flexibility index (Phi) is 5.08. The number of hydrogen-bond donors (Lipinski definition) is 1. The summed E-state index contributed by atoms with van der Waals surface area (Å²) in [5.74, 6) is -0.374. The lowest BCUT2D eigenvalue weighted by atomic mass is 9.89. The van der Waals surface area contributed by atoms with Crippen molar-refractivity contribution in [2.24, 2.45) is 0 Å². The number of carbonyl (C=O) groups is 2. The number of rotatable bonds is 5. The highest BCUT2D eigenvalue weighted by Crippen LogP contribution is 2.27. The average Bonchev–Trinajstić information content (AvgIpc) is 3.21. The predicted molar refractivity (Wildman–Crippen MR) is 87.5 cm³/mol. The number of ether oxygens (including phenoxy) is 1. The molecule has 1 saturated heterocycles. The summed E-state index contributed by atoms with van der Waals surface area (Å²) in [5, 5.41) is 6.56. The van der Waals surface area contributed by atoms with Crippen molar-refractivity contribution >= 4 is 11.8 Å². The van der Waals surface area contributed by atoms with Crippen LogP contribution in [-0.2, 0) is 16.1 Å². The number of amides is 2. The second-order valence-electron chi connectivity index (χ2n) is 5.92. The van der Waals surface area contributed by atoms with Gasteiger partial charge in [-0.2, -0.15) is 0 Å². The van der Waals surface area contributed by atoms with Crippen LogP contribution in [0.4, 0.5) is 0 Å². The number of nitrogens with zero attached hydrogens (tertiary/aromatic N) is 3. The van der Waals surface area contributed by atoms with Gasteiger partial charge in [-0.1, -0.05) is 11.2 Å². The van der Waals surface area contributed by atoms with Crippen molar-refractivity contribution in [3.8, 4) is 0 Å². The van der Waals surface area contributed by atoms with Gasteiger partial charge >= 0.3 is 0 Å². The SMILES string of the molecule is COC1(C(=O)NCc2cccnc2)CCN(C(=O)c2ccon2)CC1. The molecule has 0 aromatic carbocycles. The van der Waals surface area contributed by atoms with Crippen LogP contribution in [-0.4, -0.2) is 52.7 Å². The van der Waals surface area contributed by atoms with Crippen molar-refractivity contribution in [2.45, 2.75) is 25.0 Å². The van der Waals surface area contributed by atoms with Crippen molar-refractivity contribution in [3.05, 3.63) is 48.1 Å². The van der Waals surface area contributed by atoms with E-state index in [1.165, 1.54) is 19.4 Å². The molecule has 0 spiro atoms. The largest absolute Gasteiger partial charge is 0.368 e. The van der Waals surface area contributed by atoms with Gasteiger partial charge in [-0.15, -0.1) is 0 Å². The van der Waals surface area contributed by atoms with E-state index in [-0.39, 0.29) is 17.5 Å². The maximum atomic E-state index is 12.6. The zero-order valence-corrected chi connectivity index (χ0v) is 14.0. The highest BCUT2D eigenvalue weighted by atomic mass is 16.5. The van der Waals surface area contributed by atoms with Crippen LogP contribution in [0.1, 0.15) is 28.9 Å². The molecule has 0 aliphatic carbocycles. The first-order valence-corrected chi connectivity index (χ1v) is 8.07. The summed E-state index contributed by atoms with van der Waals surface area (Å²) in [6.45, 7) is 1.22. The van der Waals surface area contributed by atoms with Gasteiger partial charge in [0.15, 0.2) is 5.69 Å². The molecule has 25 heavy (non-hydrogen) atoms. The van der Waals surface area contributed by atoms with Crippen molar-refractivity contribution in [1.29, 1.82) is 0 Å². The lowest BCUT2D eigenvalue weighted by Gasteiger charge is -2.39. The first-order valence-electron chi connectivity index (χ1n) is 8.07. The third-order valence-corrected chi connectivity index (χ3v) is 4.50. The number of methoxy groups -OCH3 is 1. The maximum Gasteiger partial charge on any atom is 0.276 e. The molecule has 8 heteroatoms. The van der Waals surface area contributed by atoms with Crippen molar-refractivity contribution in [3.63, 3.8) is 0 Å². The van der Waals surface area contributed by atoms with Crippen LogP contribution < -0.4 is 5.32 Å². The van der Waals surface area contributed by atoms with Gasteiger partial charge in [0.2, 0.25) is 0 Å². The molecule has 1 aliphatic rings. The van der Waals surface area contributed by atoms with E-state index in [9.17, 15) is 9.59 Å². The van der Waals surface area contributed by atoms with Gasteiger partial charge in [-0.3, -0.25) is 14.6 Å². The standard InChI is InChI=1S/C17H20N4O4/c1-24-17(16(23)19-12-13-3-2-7-18-11-13)5-8-21(9-6-17)15(22)14-4-10-25-20-14/h2-4,7,10-11H,5-6,8-9,12H2,1H3,(H,19,23). The normalized spacial score (nSPS) is 16.4. The molecule has 8 nitrogen and oxygen atoms in total. The van der Waals surface area contributed by atoms with Gasteiger partial charge in [-0.05, 0) is 11.6 Å². The van der Waals surface area contributed by atoms with E-state index in [0.717, 1.165) is 5.56 Å². The number of pyridine rings is 1. The van der Waals surface area contributed by atoms with Crippen LogP contribution in [0.25, 0.3) is 0 Å². The molecule has 3 heterocycles. The smallest absolute Gasteiger partial charge is 0.276 e. The Balaban J connectivity index is 1.59. The minimum atomic E-state index is -0.928. The monoisotopic (exact) mass is 344 g/mol. The fourth-order valence-electron chi connectivity index (χ4n) is 2.93. The Morgan fingerprint density at radius 1 is 1.36 bits per heavy atom. The molecule has 3 rings (SSSR count). The molecular formula is C17H20N4O4. The number of carbonyl (C=O) groups excluding carboxylic acids is 2. The number of nitrogens with one attached hydrogen (secondary N) is 1. The highest BCUT2D eigenvalue weighted by molar-refractivity contribution is 5.92. The molecule has 0 radical (unpaired) electrons. The molecule has 0 atom stereocenters. The van der Waals surface area contributed by atoms with E-state index >= 15 is 0 Å². The van der Waals surface area contributed by atoms with Crippen molar-refractivity contribution < 1.29 is 18.8 Å². The van der Waals surface area contributed by atoms with E-state index in [2.05, 4.69) is 15.5 Å². The van der Waals surface area contributed by atoms with Crippen LogP contribution in [0.3, 0.4) is 0 Å². The first-order chi connectivity index (χ1) is 12.1. The molecule has 2 amide bonds. The Morgan fingerprint density at radius 3 is 2.76 bits per heavy atom. The first kappa shape index (κ1) is 17.1. The Bertz CT molecular complexity index is 710. The zero-order chi connectivity index (χ0) is 17.7. The topological polar surface area (TPSA) is 97.6 Å². The fraction of sp³-hybridized carbons (Fsp3) is 0.412. The van der Waals surface area contributed by atoms with E-state index in [0.29, 0.717) is 32.5 Å². The van der Waals surface area contributed by atoms with Gasteiger partial charge in [-0.25, -0.2) is 0 Å². The third-order valence-electron chi connectivity index (χ3n) is 4.50. The number of likely N-dealkylation sites (tertiary alicyclic amines) is 1. The van der Waals surface area contributed by atoms with Gasteiger partial charge in [0.05, 0.1) is 0 Å². The van der Waals surface area contributed by atoms with Crippen LogP contribution >= 0.6 is 0 Å². The second kappa shape index (κ2) is 7.43. The zero-order valence-electron chi connectivity index (χ0n) is 14.0. The number of piperidine rings is 1. The minimum Gasteiger partial charge on any atom is -0.368 e. The predicted octanol–water partition coefficient (Wildman–Crippen LogP) is 1.01. The van der Waals surface area contributed by atoms with Crippen LogP contribution in [0.5, 0.6) is 0 Å². The molecule has 1 fully saturated rings. The van der Waals surface area contributed by atoms with E-state index in [1.807, 2.05) is 12.1 Å². The van der Waals surface area contributed by atoms with Crippen molar-refractivity contribution in [2.75, 3.05) is 20.2 Å². The van der Waals surface area contributed by atoms with E-state index < -0.39 is 5.60 Å². The summed E-state index contributed by atoms with van der Waals surface area (Å²) >= 11 is 0. The minimum absolute atomic E-state index is 0.174. The molecule has 1 N–H and O–H groups in total. The Labute approximate surface area is 145 Å². The van der Waals surface area contributed by atoms with Crippen LogP contribution in [0.2, 0.25) is 0 Å². The van der Waals surface area contributed by atoms with Gasteiger partial charge < -0.3 is 19.5 Å². The number of hydrogen-bond acceptors (Lipinski definition) is 6. The van der Waals surface area contributed by atoms with Gasteiger partial charge in [0, 0.05) is 58.0 Å². The van der Waals surface area contributed by atoms with E-state index in [1.54, 1.807) is 17.3 Å². The van der Waals surface area contributed by atoms with Crippen LogP contribution in [0.15, 0.2) is 41.4 Å². The molecule has 0 bridgehead atoms. The molecule has 1 aliphatic heterocycles. The van der Waals surface area contributed by atoms with Gasteiger partial charge in [0.25, 0.3) is 11.8 Å². The molecule has 132 valence electrons. The quantitative estimate of drug-likeness (QED) is 0.869. The molecule has 2 aromatic rings. The summed E-state index contributed by atoms with van der Waals surface area (Å²) in [6, 6.07) is 5.24. The van der Waals surface area contributed by atoms with Crippen molar-refractivity contribution in [1.82, 2.24) is 20.4 Å².